The third kappa shape index (κ3) is 3.51. The molecule has 5 heteroatoms. The Morgan fingerprint density at radius 1 is 1.30 bits per heavy atom. The third-order valence-electron chi connectivity index (χ3n) is 4.84. The predicted octanol–water partition coefficient (Wildman–Crippen LogP) is 1.61. The lowest BCUT2D eigenvalue weighted by atomic mass is 9.88. The van der Waals surface area contributed by atoms with E-state index in [4.69, 9.17) is 10.8 Å². The molecule has 5 nitrogen and oxygen atoms in total. The number of carboxylic acids is 1. The Kier molecular flexibility index (Phi) is 5.02. The van der Waals surface area contributed by atoms with Gasteiger partial charge < -0.3 is 15.7 Å². The number of nitrogens with two attached hydrogens (primary N) is 1. The highest BCUT2D eigenvalue weighted by Gasteiger charge is 2.43. The van der Waals surface area contributed by atoms with E-state index in [1.54, 1.807) is 0 Å². The second-order valence-corrected chi connectivity index (χ2v) is 6.50. The summed E-state index contributed by atoms with van der Waals surface area (Å²) in [5.41, 5.74) is 5.59. The molecule has 2 aliphatic rings. The van der Waals surface area contributed by atoms with Crippen LogP contribution in [0, 0.1) is 11.8 Å². The summed E-state index contributed by atoms with van der Waals surface area (Å²) in [5.74, 6) is 0.163. The topological polar surface area (TPSA) is 83.6 Å². The number of nitrogens with zero attached hydrogens (tertiary/aromatic N) is 1. The van der Waals surface area contributed by atoms with Crippen LogP contribution in [0.15, 0.2) is 0 Å². The van der Waals surface area contributed by atoms with Crippen molar-refractivity contribution >= 4 is 11.9 Å². The number of aliphatic carboxylic acids is 1. The summed E-state index contributed by atoms with van der Waals surface area (Å²) in [4.78, 5) is 25.3. The van der Waals surface area contributed by atoms with Crippen molar-refractivity contribution < 1.29 is 14.7 Å². The zero-order valence-corrected chi connectivity index (χ0v) is 12.3. The van der Waals surface area contributed by atoms with E-state index in [-0.39, 0.29) is 30.3 Å². The van der Waals surface area contributed by atoms with Gasteiger partial charge in [-0.2, -0.15) is 0 Å². The van der Waals surface area contributed by atoms with Gasteiger partial charge in [-0.1, -0.05) is 6.92 Å². The first-order valence-corrected chi connectivity index (χ1v) is 7.74. The van der Waals surface area contributed by atoms with Crippen molar-refractivity contribution in [3.63, 3.8) is 0 Å². The Hall–Kier alpha value is -1.10. The van der Waals surface area contributed by atoms with E-state index in [0.29, 0.717) is 18.9 Å². The number of rotatable bonds is 6. The molecule has 0 saturated carbocycles. The van der Waals surface area contributed by atoms with E-state index in [2.05, 4.69) is 11.8 Å². The molecule has 0 aromatic rings. The van der Waals surface area contributed by atoms with Crippen LogP contribution in [-0.4, -0.2) is 40.5 Å². The standard InChI is InChI=1S/C15H26N2O3/c1-10(9-16)2-5-14(18)17-12-3-4-13(17)7-11(6-12)8-15(19)20/h10-13H,2-9,16H2,1H3,(H,19,20). The fourth-order valence-electron chi connectivity index (χ4n) is 3.73. The number of hydrogen-bond donors (Lipinski definition) is 2. The SMILES string of the molecule is CC(CN)CCC(=O)N1C2CCC1CC(CC(=O)O)C2. The van der Waals surface area contributed by atoms with Gasteiger partial charge in [0.2, 0.25) is 5.91 Å². The third-order valence-corrected chi connectivity index (χ3v) is 4.84. The highest BCUT2D eigenvalue weighted by Crippen LogP contribution is 2.40. The van der Waals surface area contributed by atoms with Crippen LogP contribution in [0.3, 0.4) is 0 Å². The molecule has 3 N–H and O–H groups in total. The zero-order valence-electron chi connectivity index (χ0n) is 12.3. The van der Waals surface area contributed by atoms with E-state index >= 15 is 0 Å². The molecule has 3 unspecified atom stereocenters. The van der Waals surface area contributed by atoms with Gasteiger partial charge in [-0.05, 0) is 50.5 Å². The van der Waals surface area contributed by atoms with Crippen molar-refractivity contribution in [1.29, 1.82) is 0 Å². The van der Waals surface area contributed by atoms with E-state index < -0.39 is 5.97 Å². The number of fused-ring (bicyclic) bond motifs is 2. The molecule has 2 fully saturated rings. The van der Waals surface area contributed by atoms with Gasteiger partial charge >= 0.3 is 5.97 Å². The van der Waals surface area contributed by atoms with Crippen molar-refractivity contribution in [3.05, 3.63) is 0 Å². The number of hydrogen-bond acceptors (Lipinski definition) is 3. The Morgan fingerprint density at radius 2 is 1.90 bits per heavy atom. The Bertz CT molecular complexity index is 358. The summed E-state index contributed by atoms with van der Waals surface area (Å²) in [6, 6.07) is 0.553. The summed E-state index contributed by atoms with van der Waals surface area (Å²) in [6.45, 7) is 2.70. The molecule has 0 aromatic heterocycles. The first kappa shape index (κ1) is 15.3. The van der Waals surface area contributed by atoms with Crippen molar-refractivity contribution in [2.45, 2.75) is 64.0 Å². The molecule has 0 spiro atoms. The fraction of sp³-hybridized carbons (Fsp3) is 0.867. The van der Waals surface area contributed by atoms with E-state index in [0.717, 1.165) is 32.1 Å². The van der Waals surface area contributed by atoms with Gasteiger partial charge in [0.1, 0.15) is 0 Å². The van der Waals surface area contributed by atoms with E-state index in [1.807, 2.05) is 0 Å². The van der Waals surface area contributed by atoms with Crippen LogP contribution in [0.4, 0.5) is 0 Å². The maximum atomic E-state index is 12.4. The fourth-order valence-corrected chi connectivity index (χ4v) is 3.73. The molecule has 2 aliphatic heterocycles. The van der Waals surface area contributed by atoms with Crippen LogP contribution in [-0.2, 0) is 9.59 Å². The number of carbonyl (C=O) groups excluding carboxylic acids is 1. The quantitative estimate of drug-likeness (QED) is 0.775. The van der Waals surface area contributed by atoms with Gasteiger partial charge in [0.15, 0.2) is 0 Å². The Balaban J connectivity index is 1.88. The minimum atomic E-state index is -0.717. The van der Waals surface area contributed by atoms with Gasteiger partial charge in [-0.15, -0.1) is 0 Å². The van der Waals surface area contributed by atoms with Crippen LogP contribution in [0.1, 0.15) is 51.9 Å². The molecule has 2 saturated heterocycles. The molecule has 3 atom stereocenters. The lowest BCUT2D eigenvalue weighted by Gasteiger charge is -2.39. The monoisotopic (exact) mass is 282 g/mol. The molecule has 0 aliphatic carbocycles. The van der Waals surface area contributed by atoms with E-state index in [1.165, 1.54) is 0 Å². The molecular weight excluding hydrogens is 256 g/mol. The van der Waals surface area contributed by atoms with Gasteiger partial charge in [0.25, 0.3) is 0 Å². The largest absolute Gasteiger partial charge is 0.481 e. The van der Waals surface area contributed by atoms with Crippen LogP contribution in [0.2, 0.25) is 0 Å². The second kappa shape index (κ2) is 6.57. The minimum absolute atomic E-state index is 0.242. The van der Waals surface area contributed by atoms with Gasteiger partial charge in [0.05, 0.1) is 0 Å². The number of carbonyl (C=O) groups is 2. The van der Waals surface area contributed by atoms with Crippen LogP contribution in [0.25, 0.3) is 0 Å². The van der Waals surface area contributed by atoms with Gasteiger partial charge in [-0.3, -0.25) is 9.59 Å². The maximum absolute atomic E-state index is 12.4. The van der Waals surface area contributed by atoms with Crippen molar-refractivity contribution in [2.75, 3.05) is 6.54 Å². The van der Waals surface area contributed by atoms with Crippen molar-refractivity contribution in [2.24, 2.45) is 17.6 Å². The summed E-state index contributed by atoms with van der Waals surface area (Å²) in [6.07, 6.45) is 5.48. The highest BCUT2D eigenvalue weighted by atomic mass is 16.4. The first-order valence-electron chi connectivity index (χ1n) is 7.74. The predicted molar refractivity (Wildman–Crippen MR) is 76.1 cm³/mol. The molecule has 2 bridgehead atoms. The number of carboxylic acid groups (broad SMARTS) is 1. The highest BCUT2D eigenvalue weighted by molar-refractivity contribution is 5.77. The summed E-state index contributed by atoms with van der Waals surface area (Å²) in [7, 11) is 0. The Morgan fingerprint density at radius 3 is 2.40 bits per heavy atom. The number of amides is 1. The van der Waals surface area contributed by atoms with E-state index in [9.17, 15) is 9.59 Å². The molecule has 0 radical (unpaired) electrons. The van der Waals surface area contributed by atoms with Crippen LogP contribution >= 0.6 is 0 Å². The zero-order chi connectivity index (χ0) is 14.7. The lowest BCUT2D eigenvalue weighted by molar-refractivity contribution is -0.140. The van der Waals surface area contributed by atoms with Crippen molar-refractivity contribution in [3.8, 4) is 0 Å². The molecule has 1 amide bonds. The molecule has 2 rings (SSSR count). The summed E-state index contributed by atoms with van der Waals surface area (Å²) < 4.78 is 0. The average Bonchev–Trinajstić information content (AvgIpc) is 2.66. The summed E-state index contributed by atoms with van der Waals surface area (Å²) in [5, 5.41) is 8.91. The lowest BCUT2D eigenvalue weighted by Crippen LogP contribution is -2.46. The molecule has 0 aromatic carbocycles. The van der Waals surface area contributed by atoms with Gasteiger partial charge in [0, 0.05) is 24.9 Å². The van der Waals surface area contributed by atoms with Crippen LogP contribution in [0.5, 0.6) is 0 Å². The molecule has 114 valence electrons. The summed E-state index contributed by atoms with van der Waals surface area (Å²) >= 11 is 0. The van der Waals surface area contributed by atoms with Crippen LogP contribution < -0.4 is 5.73 Å². The average molecular weight is 282 g/mol. The molecule has 2 heterocycles. The minimum Gasteiger partial charge on any atom is -0.481 e. The molecule has 20 heavy (non-hydrogen) atoms. The smallest absolute Gasteiger partial charge is 0.303 e. The van der Waals surface area contributed by atoms with Crippen molar-refractivity contribution in [1.82, 2.24) is 4.90 Å². The molecular formula is C15H26N2O3. The van der Waals surface area contributed by atoms with Gasteiger partial charge in [-0.25, -0.2) is 0 Å². The Labute approximate surface area is 120 Å². The number of piperidine rings is 1. The second-order valence-electron chi connectivity index (χ2n) is 6.50. The maximum Gasteiger partial charge on any atom is 0.303 e. The normalized spacial score (nSPS) is 30.3. The first-order chi connectivity index (χ1) is 9.51.